The zero-order valence-corrected chi connectivity index (χ0v) is 19.3. The fraction of sp³-hybridized carbons (Fsp3) is 0.375. The molecule has 0 bridgehead atoms. The lowest BCUT2D eigenvalue weighted by Gasteiger charge is -2.23. The van der Waals surface area contributed by atoms with E-state index in [1.54, 1.807) is 51.1 Å². The molecule has 2 aromatic rings. The standard InChI is InChI=1S/C24H31N3O5/c1-14(2)21(25-23(29)18-11-7-8-12-20(18)31-6)24(30)27-26-22(28)17(5)32-19-13-9-10-15(3)16(19)4/h7-14,17,21H,1-6H3,(H,25,29)(H,26,28)(H,27,30)/t17?,21-/m0/s1. The van der Waals surface area contributed by atoms with E-state index in [1.165, 1.54) is 7.11 Å². The number of benzene rings is 2. The number of carbonyl (C=O) groups excluding carboxylic acids is 3. The number of methoxy groups -OCH3 is 1. The largest absolute Gasteiger partial charge is 0.496 e. The van der Waals surface area contributed by atoms with Gasteiger partial charge in [0.25, 0.3) is 17.7 Å². The van der Waals surface area contributed by atoms with Crippen LogP contribution in [-0.2, 0) is 9.59 Å². The minimum Gasteiger partial charge on any atom is -0.496 e. The van der Waals surface area contributed by atoms with Crippen LogP contribution in [-0.4, -0.2) is 37.0 Å². The lowest BCUT2D eigenvalue weighted by Crippen LogP contribution is -2.56. The van der Waals surface area contributed by atoms with Crippen molar-refractivity contribution in [2.75, 3.05) is 7.11 Å². The molecule has 0 saturated heterocycles. The van der Waals surface area contributed by atoms with Gasteiger partial charge in [-0.15, -0.1) is 0 Å². The van der Waals surface area contributed by atoms with E-state index >= 15 is 0 Å². The predicted molar refractivity (Wildman–Crippen MR) is 121 cm³/mol. The summed E-state index contributed by atoms with van der Waals surface area (Å²) < 4.78 is 10.9. The van der Waals surface area contributed by atoms with E-state index in [0.717, 1.165) is 11.1 Å². The molecule has 2 rings (SSSR count). The summed E-state index contributed by atoms with van der Waals surface area (Å²) in [5, 5.41) is 2.70. The number of carbonyl (C=O) groups is 3. The molecule has 8 nitrogen and oxygen atoms in total. The highest BCUT2D eigenvalue weighted by Crippen LogP contribution is 2.21. The number of para-hydroxylation sites is 1. The van der Waals surface area contributed by atoms with Gasteiger partial charge in [0.15, 0.2) is 6.10 Å². The Balaban J connectivity index is 1.98. The van der Waals surface area contributed by atoms with Crippen molar-refractivity contribution in [3.63, 3.8) is 0 Å². The fourth-order valence-electron chi connectivity index (χ4n) is 2.98. The van der Waals surface area contributed by atoms with Gasteiger partial charge in [0.2, 0.25) is 0 Å². The summed E-state index contributed by atoms with van der Waals surface area (Å²) in [5.41, 5.74) is 7.05. The molecule has 0 saturated carbocycles. The molecule has 3 amide bonds. The summed E-state index contributed by atoms with van der Waals surface area (Å²) in [4.78, 5) is 37.8. The van der Waals surface area contributed by atoms with E-state index in [-0.39, 0.29) is 5.92 Å². The monoisotopic (exact) mass is 441 g/mol. The van der Waals surface area contributed by atoms with Crippen molar-refractivity contribution in [1.29, 1.82) is 0 Å². The van der Waals surface area contributed by atoms with Crippen molar-refractivity contribution in [3.05, 3.63) is 59.2 Å². The van der Waals surface area contributed by atoms with Gasteiger partial charge in [-0.3, -0.25) is 25.2 Å². The maximum Gasteiger partial charge on any atom is 0.279 e. The number of ether oxygens (including phenoxy) is 2. The SMILES string of the molecule is COc1ccccc1C(=O)N[C@H](C(=O)NNC(=O)C(C)Oc1cccc(C)c1C)C(C)C. The van der Waals surface area contributed by atoms with Crippen LogP contribution in [0.4, 0.5) is 0 Å². The molecule has 0 aliphatic carbocycles. The molecule has 2 aromatic carbocycles. The molecule has 32 heavy (non-hydrogen) atoms. The van der Waals surface area contributed by atoms with Crippen molar-refractivity contribution in [1.82, 2.24) is 16.2 Å². The second kappa shape index (κ2) is 11.2. The van der Waals surface area contributed by atoms with E-state index in [4.69, 9.17) is 9.47 Å². The molecule has 0 spiro atoms. The number of hydrogen-bond donors (Lipinski definition) is 3. The van der Waals surface area contributed by atoms with Crippen molar-refractivity contribution in [2.45, 2.75) is 46.8 Å². The molecule has 0 aliphatic rings. The van der Waals surface area contributed by atoms with E-state index in [9.17, 15) is 14.4 Å². The summed E-state index contributed by atoms with van der Waals surface area (Å²) in [6, 6.07) is 11.4. The summed E-state index contributed by atoms with van der Waals surface area (Å²) in [6.45, 7) is 9.04. The lowest BCUT2D eigenvalue weighted by atomic mass is 10.0. The molecule has 0 fully saturated rings. The minimum atomic E-state index is -0.872. The number of amides is 3. The third-order valence-electron chi connectivity index (χ3n) is 5.12. The smallest absolute Gasteiger partial charge is 0.279 e. The highest BCUT2D eigenvalue weighted by atomic mass is 16.5. The Labute approximate surface area is 188 Å². The first-order valence-corrected chi connectivity index (χ1v) is 10.4. The van der Waals surface area contributed by atoms with Crippen molar-refractivity contribution in [3.8, 4) is 11.5 Å². The van der Waals surface area contributed by atoms with E-state index in [0.29, 0.717) is 17.1 Å². The average molecular weight is 442 g/mol. The van der Waals surface area contributed by atoms with Gasteiger partial charge in [-0.05, 0) is 56.0 Å². The van der Waals surface area contributed by atoms with E-state index in [1.807, 2.05) is 26.0 Å². The molecule has 0 aromatic heterocycles. The third-order valence-corrected chi connectivity index (χ3v) is 5.12. The van der Waals surface area contributed by atoms with Crippen LogP contribution in [0.25, 0.3) is 0 Å². The number of aryl methyl sites for hydroxylation is 1. The number of hydrazine groups is 1. The summed E-state index contributed by atoms with van der Waals surface area (Å²) in [6.07, 6.45) is -0.837. The zero-order chi connectivity index (χ0) is 23.8. The van der Waals surface area contributed by atoms with E-state index in [2.05, 4.69) is 16.2 Å². The summed E-state index contributed by atoms with van der Waals surface area (Å²) >= 11 is 0. The molecule has 0 aliphatic heterocycles. The zero-order valence-electron chi connectivity index (χ0n) is 19.3. The number of hydrogen-bond acceptors (Lipinski definition) is 5. The van der Waals surface area contributed by atoms with Gasteiger partial charge in [0, 0.05) is 0 Å². The van der Waals surface area contributed by atoms with Gasteiger partial charge in [-0.25, -0.2) is 0 Å². The van der Waals surface area contributed by atoms with Crippen LogP contribution in [0.2, 0.25) is 0 Å². The second-order valence-electron chi connectivity index (χ2n) is 7.83. The molecule has 2 atom stereocenters. The normalized spacial score (nSPS) is 12.5. The Morgan fingerprint density at radius 3 is 2.12 bits per heavy atom. The van der Waals surface area contributed by atoms with Crippen LogP contribution < -0.4 is 25.6 Å². The second-order valence-corrected chi connectivity index (χ2v) is 7.83. The molecule has 8 heteroatoms. The fourth-order valence-corrected chi connectivity index (χ4v) is 2.98. The van der Waals surface area contributed by atoms with Gasteiger partial charge in [0.1, 0.15) is 17.5 Å². The number of nitrogens with one attached hydrogen (secondary N) is 3. The lowest BCUT2D eigenvalue weighted by molar-refractivity contribution is -0.133. The maximum atomic E-state index is 12.7. The molecule has 172 valence electrons. The predicted octanol–water partition coefficient (Wildman–Crippen LogP) is 2.68. The Bertz CT molecular complexity index is 974. The van der Waals surface area contributed by atoms with Gasteiger partial charge >= 0.3 is 0 Å². The summed E-state index contributed by atoms with van der Waals surface area (Å²) in [5.74, 6) is -0.737. The highest BCUT2D eigenvalue weighted by molar-refractivity contribution is 6.00. The molecular formula is C24H31N3O5. The van der Waals surface area contributed by atoms with Crippen LogP contribution in [0.15, 0.2) is 42.5 Å². The maximum absolute atomic E-state index is 12.7. The first-order valence-electron chi connectivity index (χ1n) is 10.4. The molecule has 0 radical (unpaired) electrons. The topological polar surface area (TPSA) is 106 Å². The Hall–Kier alpha value is -3.55. The van der Waals surface area contributed by atoms with E-state index < -0.39 is 29.9 Å². The first kappa shape index (κ1) is 24.7. The van der Waals surface area contributed by atoms with Gasteiger partial charge in [-0.1, -0.05) is 38.1 Å². The Morgan fingerprint density at radius 1 is 0.844 bits per heavy atom. The van der Waals surface area contributed by atoms with Crippen LogP contribution in [0.1, 0.15) is 42.3 Å². The van der Waals surface area contributed by atoms with Crippen molar-refractivity contribution in [2.24, 2.45) is 5.92 Å². The van der Waals surface area contributed by atoms with Crippen LogP contribution in [0.5, 0.6) is 11.5 Å². The third kappa shape index (κ3) is 6.23. The van der Waals surface area contributed by atoms with Gasteiger partial charge < -0.3 is 14.8 Å². The van der Waals surface area contributed by atoms with Crippen molar-refractivity contribution >= 4 is 17.7 Å². The minimum absolute atomic E-state index is 0.228. The molecule has 0 heterocycles. The molecule has 3 N–H and O–H groups in total. The highest BCUT2D eigenvalue weighted by Gasteiger charge is 2.27. The van der Waals surface area contributed by atoms with Crippen molar-refractivity contribution < 1.29 is 23.9 Å². The first-order chi connectivity index (χ1) is 15.1. The molecule has 1 unspecified atom stereocenters. The number of rotatable bonds is 8. The van der Waals surface area contributed by atoms with Gasteiger partial charge in [-0.2, -0.15) is 0 Å². The van der Waals surface area contributed by atoms with Crippen LogP contribution in [0.3, 0.4) is 0 Å². The Kier molecular flexibility index (Phi) is 8.63. The quantitative estimate of drug-likeness (QED) is 0.546. The average Bonchev–Trinajstić information content (AvgIpc) is 2.78. The Morgan fingerprint density at radius 2 is 1.47 bits per heavy atom. The molecular weight excluding hydrogens is 410 g/mol. The van der Waals surface area contributed by atoms with Crippen LogP contribution in [0, 0.1) is 19.8 Å². The van der Waals surface area contributed by atoms with Gasteiger partial charge in [0.05, 0.1) is 12.7 Å². The van der Waals surface area contributed by atoms with Crippen LogP contribution >= 0.6 is 0 Å². The summed E-state index contributed by atoms with van der Waals surface area (Å²) in [7, 11) is 1.47.